The van der Waals surface area contributed by atoms with Crippen LogP contribution in [-0.2, 0) is 9.53 Å². The molecule has 0 bridgehead atoms. The third-order valence-corrected chi connectivity index (χ3v) is 4.24. The van der Waals surface area contributed by atoms with Crippen molar-refractivity contribution in [3.05, 3.63) is 56.7 Å². The van der Waals surface area contributed by atoms with Crippen molar-refractivity contribution in [2.45, 2.75) is 0 Å². The second kappa shape index (κ2) is 8.12. The van der Waals surface area contributed by atoms with E-state index in [4.69, 9.17) is 4.74 Å². The van der Waals surface area contributed by atoms with Crippen LogP contribution in [0.1, 0.15) is 10.4 Å². The number of methoxy groups -OCH3 is 1. The molecule has 0 aliphatic carbocycles. The van der Waals surface area contributed by atoms with Crippen LogP contribution in [0, 0.1) is 0 Å². The van der Waals surface area contributed by atoms with E-state index in [0.717, 1.165) is 14.9 Å². The molecule has 1 N–H and O–H groups in total. The van der Waals surface area contributed by atoms with Gasteiger partial charge < -0.3 is 10.1 Å². The second-order valence-electron chi connectivity index (χ2n) is 4.34. The van der Waals surface area contributed by atoms with Crippen LogP contribution in [0.15, 0.2) is 46.3 Å². The first-order valence-electron chi connectivity index (χ1n) is 6.49. The molecule has 0 aliphatic rings. The summed E-state index contributed by atoms with van der Waals surface area (Å²) >= 11 is 4.96. The smallest absolute Gasteiger partial charge is 0.252 e. The highest BCUT2D eigenvalue weighted by Crippen LogP contribution is 2.23. The molecule has 0 saturated heterocycles. The third-order valence-electron chi connectivity index (χ3n) is 2.80. The Hall–Kier alpha value is -1.43. The Morgan fingerprint density at radius 2 is 2.10 bits per heavy atom. The summed E-state index contributed by atoms with van der Waals surface area (Å²) in [4.78, 5) is 13.3. The van der Waals surface area contributed by atoms with Gasteiger partial charge in [-0.2, -0.15) is 0 Å². The van der Waals surface area contributed by atoms with Crippen LogP contribution in [0.2, 0.25) is 0 Å². The van der Waals surface area contributed by atoms with Gasteiger partial charge in [0.1, 0.15) is 0 Å². The molecule has 0 atom stereocenters. The maximum Gasteiger partial charge on any atom is 0.252 e. The molecular weight excluding hydrogens is 350 g/mol. The molecule has 1 aromatic heterocycles. The van der Waals surface area contributed by atoms with E-state index in [-0.39, 0.29) is 5.91 Å². The zero-order valence-corrected chi connectivity index (χ0v) is 14.0. The minimum atomic E-state index is -0.0857. The van der Waals surface area contributed by atoms with Crippen molar-refractivity contribution in [2.75, 3.05) is 20.3 Å². The van der Waals surface area contributed by atoms with Gasteiger partial charge in [-0.15, -0.1) is 11.3 Å². The van der Waals surface area contributed by atoms with E-state index in [9.17, 15) is 4.79 Å². The van der Waals surface area contributed by atoms with Crippen LogP contribution < -0.4 is 5.32 Å². The molecule has 1 heterocycles. The van der Waals surface area contributed by atoms with E-state index < -0.39 is 0 Å². The van der Waals surface area contributed by atoms with E-state index in [1.54, 1.807) is 18.4 Å². The van der Waals surface area contributed by atoms with Crippen LogP contribution in [-0.4, -0.2) is 26.2 Å². The van der Waals surface area contributed by atoms with Gasteiger partial charge in [0.15, 0.2) is 0 Å². The van der Waals surface area contributed by atoms with Gasteiger partial charge in [-0.25, -0.2) is 0 Å². The second-order valence-corrected chi connectivity index (χ2v) is 6.20. The third kappa shape index (κ3) is 4.81. The summed E-state index contributed by atoms with van der Waals surface area (Å²) < 4.78 is 5.97. The van der Waals surface area contributed by atoms with Gasteiger partial charge in [-0.05, 0) is 35.2 Å². The number of ether oxygens (including phenoxy) is 1. The molecule has 0 saturated carbocycles. The number of amides is 1. The number of nitrogens with one attached hydrogen (secondary N) is 1. The van der Waals surface area contributed by atoms with Gasteiger partial charge in [-0.1, -0.05) is 34.1 Å². The lowest BCUT2D eigenvalue weighted by atomic mass is 10.1. The fourth-order valence-corrected chi connectivity index (χ4v) is 2.77. The Kier molecular flexibility index (Phi) is 6.17. The lowest BCUT2D eigenvalue weighted by Gasteiger charge is -2.07. The molecule has 1 aromatic carbocycles. The lowest BCUT2D eigenvalue weighted by Crippen LogP contribution is -2.27. The molecule has 2 aromatic rings. The summed E-state index contributed by atoms with van der Waals surface area (Å²) in [6.45, 7) is 1.00. The van der Waals surface area contributed by atoms with Crippen LogP contribution >= 0.6 is 27.3 Å². The summed E-state index contributed by atoms with van der Waals surface area (Å²) in [6, 6.07) is 11.8. The fraction of sp³-hybridized carbons (Fsp3) is 0.188. The summed E-state index contributed by atoms with van der Waals surface area (Å²) in [5, 5.41) is 4.83. The Morgan fingerprint density at radius 3 is 2.71 bits per heavy atom. The molecule has 5 heteroatoms. The quantitative estimate of drug-likeness (QED) is 0.624. The minimum absolute atomic E-state index is 0.0857. The highest BCUT2D eigenvalue weighted by Gasteiger charge is 2.12. The molecule has 1 amide bonds. The minimum Gasteiger partial charge on any atom is -0.383 e. The van der Waals surface area contributed by atoms with Gasteiger partial charge in [0.25, 0.3) is 5.91 Å². The summed E-state index contributed by atoms with van der Waals surface area (Å²) in [5.41, 5.74) is 1.66. The van der Waals surface area contributed by atoms with Crippen molar-refractivity contribution in [1.82, 2.24) is 5.32 Å². The number of benzene rings is 1. The number of thiophene rings is 1. The average Bonchev–Trinajstić information content (AvgIpc) is 3.00. The van der Waals surface area contributed by atoms with Crippen molar-refractivity contribution in [3.8, 4) is 0 Å². The highest BCUT2D eigenvalue weighted by atomic mass is 79.9. The molecule has 3 nitrogen and oxygen atoms in total. The molecule has 2 rings (SSSR count). The molecule has 0 spiro atoms. The van der Waals surface area contributed by atoms with Crippen molar-refractivity contribution in [1.29, 1.82) is 0 Å². The highest BCUT2D eigenvalue weighted by molar-refractivity contribution is 9.10. The molecule has 110 valence electrons. The lowest BCUT2D eigenvalue weighted by molar-refractivity contribution is -0.115. The number of hydrogen-bond donors (Lipinski definition) is 1. The predicted octanol–water partition coefficient (Wildman–Crippen LogP) is 3.81. The van der Waals surface area contributed by atoms with Crippen molar-refractivity contribution < 1.29 is 9.53 Å². The maximum absolute atomic E-state index is 12.4. The van der Waals surface area contributed by atoms with Gasteiger partial charge in [-0.3, -0.25) is 4.79 Å². The van der Waals surface area contributed by atoms with Crippen LogP contribution in [0.5, 0.6) is 0 Å². The Bertz CT molecular complexity index is 606. The zero-order valence-electron chi connectivity index (χ0n) is 11.6. The van der Waals surface area contributed by atoms with E-state index in [0.29, 0.717) is 18.7 Å². The van der Waals surface area contributed by atoms with E-state index >= 15 is 0 Å². The molecule has 0 unspecified atom stereocenters. The SMILES string of the molecule is COCCNC(=O)/C(=C/c1ccc(Br)cc1)c1cccs1. The molecule has 21 heavy (non-hydrogen) atoms. The summed E-state index contributed by atoms with van der Waals surface area (Å²) in [6.07, 6.45) is 1.90. The van der Waals surface area contributed by atoms with Crippen LogP contribution in [0.25, 0.3) is 11.6 Å². The monoisotopic (exact) mass is 365 g/mol. The topological polar surface area (TPSA) is 38.3 Å². The number of carbonyl (C=O) groups is 1. The number of carbonyl (C=O) groups excluding carboxylic acids is 1. The van der Waals surface area contributed by atoms with E-state index in [2.05, 4.69) is 21.2 Å². The Balaban J connectivity index is 2.24. The Labute approximate surface area is 136 Å². The zero-order chi connectivity index (χ0) is 15.1. The van der Waals surface area contributed by atoms with Crippen LogP contribution in [0.3, 0.4) is 0 Å². The largest absolute Gasteiger partial charge is 0.383 e. The first kappa shape index (κ1) is 15.9. The molecule has 0 fully saturated rings. The van der Waals surface area contributed by atoms with Crippen molar-refractivity contribution >= 4 is 44.8 Å². The fourth-order valence-electron chi connectivity index (χ4n) is 1.77. The van der Waals surface area contributed by atoms with Gasteiger partial charge in [0.05, 0.1) is 12.2 Å². The average molecular weight is 366 g/mol. The molecule has 0 aliphatic heterocycles. The van der Waals surface area contributed by atoms with Crippen molar-refractivity contribution in [3.63, 3.8) is 0 Å². The van der Waals surface area contributed by atoms with Gasteiger partial charge in [0.2, 0.25) is 0 Å². The van der Waals surface area contributed by atoms with Gasteiger partial charge >= 0.3 is 0 Å². The number of halogens is 1. The first-order chi connectivity index (χ1) is 10.2. The first-order valence-corrected chi connectivity index (χ1v) is 8.16. The standard InChI is InChI=1S/C16H16BrNO2S/c1-20-9-8-18-16(19)14(15-3-2-10-21-15)11-12-4-6-13(17)7-5-12/h2-7,10-11H,8-9H2,1H3,(H,18,19)/b14-11+. The summed E-state index contributed by atoms with van der Waals surface area (Å²) in [7, 11) is 1.62. The van der Waals surface area contributed by atoms with Crippen LogP contribution in [0.4, 0.5) is 0 Å². The number of rotatable bonds is 6. The normalized spacial score (nSPS) is 11.4. The summed E-state index contributed by atoms with van der Waals surface area (Å²) in [5.74, 6) is -0.0857. The Morgan fingerprint density at radius 1 is 1.33 bits per heavy atom. The predicted molar refractivity (Wildman–Crippen MR) is 91.2 cm³/mol. The number of hydrogen-bond acceptors (Lipinski definition) is 3. The van der Waals surface area contributed by atoms with Gasteiger partial charge in [0, 0.05) is 23.0 Å². The maximum atomic E-state index is 12.4. The van der Waals surface area contributed by atoms with E-state index in [1.165, 1.54) is 0 Å². The van der Waals surface area contributed by atoms with E-state index in [1.807, 2.05) is 47.9 Å². The molecular formula is C16H16BrNO2S. The molecule has 0 radical (unpaired) electrons. The van der Waals surface area contributed by atoms with Crippen molar-refractivity contribution in [2.24, 2.45) is 0 Å².